The molecule has 4 atom stereocenters. The van der Waals surface area contributed by atoms with Gasteiger partial charge in [-0.2, -0.15) is 0 Å². The zero-order chi connectivity index (χ0) is 24.5. The molecule has 1 saturated carbocycles. The molecule has 3 aliphatic rings. The minimum Gasteiger partial charge on any atom is -0.481 e. The summed E-state index contributed by atoms with van der Waals surface area (Å²) in [5, 5.41) is 12.3. The van der Waals surface area contributed by atoms with E-state index in [4.69, 9.17) is 9.47 Å². The number of aliphatic carboxylic acids is 1. The van der Waals surface area contributed by atoms with Crippen molar-refractivity contribution in [1.82, 2.24) is 10.2 Å². The van der Waals surface area contributed by atoms with Crippen molar-refractivity contribution in [3.63, 3.8) is 0 Å². The normalized spacial score (nSPS) is 25.2. The summed E-state index contributed by atoms with van der Waals surface area (Å²) < 4.78 is 11.0. The summed E-state index contributed by atoms with van der Waals surface area (Å²) in [5.74, 6) is -2.25. The molecule has 0 spiro atoms. The molecule has 2 aromatic rings. The third-order valence-corrected chi connectivity index (χ3v) is 7.68. The predicted molar refractivity (Wildman–Crippen MR) is 128 cm³/mol. The lowest BCUT2D eigenvalue weighted by molar-refractivity contribution is -0.144. The van der Waals surface area contributed by atoms with E-state index in [2.05, 4.69) is 29.6 Å². The van der Waals surface area contributed by atoms with E-state index in [0.717, 1.165) is 17.5 Å². The van der Waals surface area contributed by atoms with Crippen LogP contribution in [0.25, 0.3) is 11.1 Å². The van der Waals surface area contributed by atoms with Gasteiger partial charge in [-0.15, -0.1) is 0 Å². The van der Waals surface area contributed by atoms with Crippen LogP contribution in [0.4, 0.5) is 4.79 Å². The van der Waals surface area contributed by atoms with Crippen LogP contribution in [0.3, 0.4) is 0 Å². The van der Waals surface area contributed by atoms with E-state index in [0.29, 0.717) is 12.8 Å². The molecule has 1 heterocycles. The van der Waals surface area contributed by atoms with Crippen LogP contribution >= 0.6 is 0 Å². The lowest BCUT2D eigenvalue weighted by Crippen LogP contribution is -2.45. The number of carbonyl (C=O) groups excluding carboxylic acids is 2. The first kappa shape index (κ1) is 23.4. The van der Waals surface area contributed by atoms with Crippen LogP contribution in [0.15, 0.2) is 48.5 Å². The molecule has 2 aromatic carbocycles. The van der Waals surface area contributed by atoms with Gasteiger partial charge in [-0.3, -0.25) is 9.59 Å². The fraction of sp³-hybridized carbons (Fsp3) is 0.444. The Labute approximate surface area is 204 Å². The standard InChI is InChI=1S/C27H30N2O6/c1-34-24-14-29(13-21(24)26(31)32)25(30)20-11-6-12-23(20)28-27(33)35-15-22-18-9-4-2-7-16(18)17-8-3-5-10-19(17)22/h2-5,7-10,20-24H,6,11-15H2,1H3,(H,28,33)(H,31,32)/t20-,21?,23+,24?/m0/s1. The number of rotatable bonds is 6. The van der Waals surface area contributed by atoms with E-state index in [-0.39, 0.29) is 43.5 Å². The maximum absolute atomic E-state index is 13.2. The molecule has 184 valence electrons. The molecule has 1 aliphatic heterocycles. The average molecular weight is 479 g/mol. The summed E-state index contributed by atoms with van der Waals surface area (Å²) in [6.07, 6.45) is 1.10. The maximum Gasteiger partial charge on any atom is 0.407 e. The van der Waals surface area contributed by atoms with Crippen molar-refractivity contribution in [2.75, 3.05) is 26.8 Å². The lowest BCUT2D eigenvalue weighted by atomic mass is 9.98. The summed E-state index contributed by atoms with van der Waals surface area (Å²) in [5.41, 5.74) is 4.62. The Kier molecular flexibility index (Phi) is 6.47. The van der Waals surface area contributed by atoms with Gasteiger partial charge in [-0.25, -0.2) is 4.79 Å². The van der Waals surface area contributed by atoms with Crippen LogP contribution in [0.1, 0.15) is 36.3 Å². The monoisotopic (exact) mass is 478 g/mol. The third-order valence-electron chi connectivity index (χ3n) is 7.68. The molecule has 2 amide bonds. The third kappa shape index (κ3) is 4.38. The number of carboxylic acids is 1. The Bertz CT molecular complexity index is 1090. The Morgan fingerprint density at radius 2 is 1.63 bits per heavy atom. The summed E-state index contributed by atoms with van der Waals surface area (Å²) in [6, 6.07) is 16.0. The lowest BCUT2D eigenvalue weighted by Gasteiger charge is -2.25. The Morgan fingerprint density at radius 3 is 2.23 bits per heavy atom. The summed E-state index contributed by atoms with van der Waals surface area (Å²) in [4.78, 5) is 39.0. The number of carboxylic acid groups (broad SMARTS) is 1. The minimum absolute atomic E-state index is 0.0299. The highest BCUT2D eigenvalue weighted by Crippen LogP contribution is 2.44. The Morgan fingerprint density at radius 1 is 0.971 bits per heavy atom. The van der Waals surface area contributed by atoms with Crippen molar-refractivity contribution < 1.29 is 29.0 Å². The molecule has 0 aromatic heterocycles. The number of fused-ring (bicyclic) bond motifs is 3. The average Bonchev–Trinajstić information content (AvgIpc) is 3.58. The number of nitrogens with zero attached hydrogens (tertiary/aromatic N) is 1. The summed E-state index contributed by atoms with van der Waals surface area (Å²) in [7, 11) is 1.46. The van der Waals surface area contributed by atoms with Crippen LogP contribution in [0.5, 0.6) is 0 Å². The van der Waals surface area contributed by atoms with Crippen molar-refractivity contribution >= 4 is 18.0 Å². The Hall–Kier alpha value is -3.39. The molecule has 5 rings (SSSR count). The Balaban J connectivity index is 1.21. The quantitative estimate of drug-likeness (QED) is 0.660. The molecule has 0 radical (unpaired) electrons. The van der Waals surface area contributed by atoms with Gasteiger partial charge < -0.3 is 24.8 Å². The maximum atomic E-state index is 13.2. The predicted octanol–water partition coefficient (Wildman–Crippen LogP) is 3.25. The molecular weight excluding hydrogens is 448 g/mol. The van der Waals surface area contributed by atoms with Gasteiger partial charge in [-0.1, -0.05) is 55.0 Å². The van der Waals surface area contributed by atoms with Gasteiger partial charge in [0, 0.05) is 32.2 Å². The molecule has 35 heavy (non-hydrogen) atoms. The van der Waals surface area contributed by atoms with Gasteiger partial charge in [-0.05, 0) is 35.1 Å². The van der Waals surface area contributed by atoms with E-state index in [1.165, 1.54) is 18.2 Å². The first-order valence-corrected chi connectivity index (χ1v) is 12.1. The molecule has 2 aliphatic carbocycles. The van der Waals surface area contributed by atoms with E-state index in [1.54, 1.807) is 4.90 Å². The number of carbonyl (C=O) groups is 3. The highest BCUT2D eigenvalue weighted by molar-refractivity contribution is 5.83. The van der Waals surface area contributed by atoms with Crippen LogP contribution in [-0.2, 0) is 19.1 Å². The second-order valence-electron chi connectivity index (χ2n) is 9.58. The smallest absolute Gasteiger partial charge is 0.407 e. The molecule has 0 bridgehead atoms. The van der Waals surface area contributed by atoms with Gasteiger partial charge in [0.05, 0.1) is 12.0 Å². The topological polar surface area (TPSA) is 105 Å². The molecule has 8 heteroatoms. The second-order valence-corrected chi connectivity index (χ2v) is 9.58. The van der Waals surface area contributed by atoms with Crippen LogP contribution in [0.2, 0.25) is 0 Å². The number of likely N-dealkylation sites (tertiary alicyclic amines) is 1. The van der Waals surface area contributed by atoms with Crippen molar-refractivity contribution in [1.29, 1.82) is 0 Å². The largest absolute Gasteiger partial charge is 0.481 e. The molecule has 1 saturated heterocycles. The number of benzene rings is 2. The SMILES string of the molecule is COC1CN(C(=O)[C@H]2CCC[C@H]2NC(=O)OCC2c3ccccc3-c3ccccc32)CC1C(=O)O. The molecular formula is C27H30N2O6. The molecule has 8 nitrogen and oxygen atoms in total. The van der Waals surface area contributed by atoms with E-state index >= 15 is 0 Å². The van der Waals surface area contributed by atoms with E-state index in [1.807, 2.05) is 24.3 Å². The van der Waals surface area contributed by atoms with Crippen molar-refractivity contribution in [3.8, 4) is 11.1 Å². The van der Waals surface area contributed by atoms with Crippen molar-refractivity contribution in [2.45, 2.75) is 37.3 Å². The number of hydrogen-bond donors (Lipinski definition) is 2. The van der Waals surface area contributed by atoms with Crippen LogP contribution in [0, 0.1) is 11.8 Å². The van der Waals surface area contributed by atoms with Gasteiger partial charge in [0.25, 0.3) is 0 Å². The van der Waals surface area contributed by atoms with Gasteiger partial charge in [0.15, 0.2) is 0 Å². The summed E-state index contributed by atoms with van der Waals surface area (Å²) in [6.45, 7) is 0.592. The molecule has 2 unspecified atom stereocenters. The number of hydrogen-bond acceptors (Lipinski definition) is 5. The number of ether oxygens (including phenoxy) is 2. The van der Waals surface area contributed by atoms with Crippen molar-refractivity contribution in [2.24, 2.45) is 11.8 Å². The van der Waals surface area contributed by atoms with Gasteiger partial charge in [0.2, 0.25) is 5.91 Å². The first-order chi connectivity index (χ1) is 17.0. The van der Waals surface area contributed by atoms with E-state index < -0.39 is 24.1 Å². The number of amides is 2. The number of methoxy groups -OCH3 is 1. The molecule has 2 fully saturated rings. The van der Waals surface area contributed by atoms with Gasteiger partial charge in [0.1, 0.15) is 12.5 Å². The van der Waals surface area contributed by atoms with E-state index in [9.17, 15) is 19.5 Å². The summed E-state index contributed by atoms with van der Waals surface area (Å²) >= 11 is 0. The van der Waals surface area contributed by atoms with Crippen molar-refractivity contribution in [3.05, 3.63) is 59.7 Å². The van der Waals surface area contributed by atoms with Gasteiger partial charge >= 0.3 is 12.1 Å². The zero-order valence-corrected chi connectivity index (χ0v) is 19.7. The zero-order valence-electron chi connectivity index (χ0n) is 19.7. The second kappa shape index (κ2) is 9.70. The van der Waals surface area contributed by atoms with Crippen LogP contribution in [-0.4, -0.2) is 66.9 Å². The molecule has 2 N–H and O–H groups in total. The minimum atomic E-state index is -0.966. The fourth-order valence-electron chi connectivity index (χ4n) is 5.88. The number of alkyl carbamates (subject to hydrolysis) is 1. The highest BCUT2D eigenvalue weighted by atomic mass is 16.5. The van der Waals surface area contributed by atoms with Crippen LogP contribution < -0.4 is 5.32 Å². The first-order valence-electron chi connectivity index (χ1n) is 12.1. The highest BCUT2D eigenvalue weighted by Gasteiger charge is 2.44. The fourth-order valence-corrected chi connectivity index (χ4v) is 5.88. The number of nitrogens with one attached hydrogen (secondary N) is 1.